The maximum absolute atomic E-state index is 13.8. The summed E-state index contributed by atoms with van der Waals surface area (Å²) in [5, 5.41) is 0.236. The molecule has 4 nitrogen and oxygen atoms in total. The van der Waals surface area contributed by atoms with Crippen LogP contribution in [0.3, 0.4) is 0 Å². The largest absolute Gasteiger partial charge is 0.371 e. The van der Waals surface area contributed by atoms with E-state index in [1.165, 1.54) is 18.2 Å². The van der Waals surface area contributed by atoms with Gasteiger partial charge in [0.1, 0.15) is 5.82 Å². The summed E-state index contributed by atoms with van der Waals surface area (Å²) in [6.07, 6.45) is 1.13. The first-order valence-electron chi connectivity index (χ1n) is 9.08. The second-order valence-electron chi connectivity index (χ2n) is 6.86. The van der Waals surface area contributed by atoms with Crippen LogP contribution in [0.5, 0.6) is 0 Å². The zero-order valence-electron chi connectivity index (χ0n) is 15.0. The molecule has 4 rings (SSSR count). The summed E-state index contributed by atoms with van der Waals surface area (Å²) in [7, 11) is -4.22. The van der Waals surface area contributed by atoms with E-state index in [1.807, 2.05) is 4.90 Å². The second kappa shape index (κ2) is 7.16. The van der Waals surface area contributed by atoms with E-state index in [4.69, 9.17) is 0 Å². The predicted molar refractivity (Wildman–Crippen MR) is 102 cm³/mol. The summed E-state index contributed by atoms with van der Waals surface area (Å²) in [5.41, 5.74) is 0.444. The number of hydrogen-bond donors (Lipinski definition) is 0. The maximum atomic E-state index is 13.8. The lowest BCUT2D eigenvalue weighted by Gasteiger charge is -2.29. The van der Waals surface area contributed by atoms with Crippen LogP contribution in [0.25, 0.3) is 10.9 Å². The molecule has 148 valence electrons. The highest BCUT2D eigenvalue weighted by Crippen LogP contribution is 2.38. The van der Waals surface area contributed by atoms with Crippen LogP contribution in [0.4, 0.5) is 18.9 Å². The van der Waals surface area contributed by atoms with Gasteiger partial charge in [0.15, 0.2) is 0 Å². The van der Waals surface area contributed by atoms with Gasteiger partial charge in [-0.3, -0.25) is 0 Å². The molecule has 0 bridgehead atoms. The standard InChI is InChI=1S/C20H19F3N2O2S/c21-14-6-4-7-15(12-14)28(26,27)25-13-16(20(22)23)19-17(8-5-9-18(19)25)24-10-2-1-3-11-24/h4-9,12-13,20H,1-3,10-11H2. The Morgan fingerprint density at radius 2 is 1.68 bits per heavy atom. The summed E-state index contributed by atoms with van der Waals surface area (Å²) < 4.78 is 68.2. The third-order valence-corrected chi connectivity index (χ3v) is 6.76. The lowest BCUT2D eigenvalue weighted by Crippen LogP contribution is -2.29. The molecule has 0 aliphatic carbocycles. The van der Waals surface area contributed by atoms with Crippen molar-refractivity contribution in [2.75, 3.05) is 18.0 Å². The van der Waals surface area contributed by atoms with E-state index in [1.54, 1.807) is 12.1 Å². The Morgan fingerprint density at radius 3 is 2.36 bits per heavy atom. The van der Waals surface area contributed by atoms with Gasteiger partial charge >= 0.3 is 0 Å². The highest BCUT2D eigenvalue weighted by atomic mass is 32.2. The summed E-state index contributed by atoms with van der Waals surface area (Å²) in [6, 6.07) is 9.47. The Bertz CT molecular complexity index is 1120. The minimum atomic E-state index is -4.22. The minimum absolute atomic E-state index is 0.169. The average molecular weight is 408 g/mol. The van der Waals surface area contributed by atoms with Crippen molar-refractivity contribution in [3.8, 4) is 0 Å². The summed E-state index contributed by atoms with van der Waals surface area (Å²) in [6.45, 7) is 1.48. The fourth-order valence-electron chi connectivity index (χ4n) is 3.77. The number of benzene rings is 2. The van der Waals surface area contributed by atoms with Gasteiger partial charge in [0.2, 0.25) is 0 Å². The van der Waals surface area contributed by atoms with Crippen LogP contribution in [-0.2, 0) is 10.0 Å². The van der Waals surface area contributed by atoms with Crippen LogP contribution in [0.2, 0.25) is 0 Å². The lowest BCUT2D eigenvalue weighted by molar-refractivity contribution is 0.153. The van der Waals surface area contributed by atoms with Crippen LogP contribution in [0.1, 0.15) is 31.3 Å². The van der Waals surface area contributed by atoms with E-state index in [9.17, 15) is 21.6 Å². The minimum Gasteiger partial charge on any atom is -0.371 e. The van der Waals surface area contributed by atoms with E-state index in [0.29, 0.717) is 5.69 Å². The number of rotatable bonds is 4. The van der Waals surface area contributed by atoms with Crippen molar-refractivity contribution >= 4 is 26.6 Å². The molecule has 1 aliphatic heterocycles. The smallest absolute Gasteiger partial charge is 0.268 e. The molecule has 0 unspecified atom stereocenters. The summed E-state index contributed by atoms with van der Waals surface area (Å²) in [5.74, 6) is -0.708. The molecule has 0 saturated carbocycles. The molecule has 1 fully saturated rings. The molecule has 8 heteroatoms. The van der Waals surface area contributed by atoms with Gasteiger partial charge in [-0.1, -0.05) is 12.1 Å². The number of alkyl halides is 2. The van der Waals surface area contributed by atoms with Gasteiger partial charge in [0.05, 0.1) is 10.4 Å². The second-order valence-corrected chi connectivity index (χ2v) is 8.68. The van der Waals surface area contributed by atoms with Gasteiger partial charge in [0, 0.05) is 35.9 Å². The topological polar surface area (TPSA) is 42.3 Å². The summed E-state index contributed by atoms with van der Waals surface area (Å²) >= 11 is 0. The molecule has 0 spiro atoms. The average Bonchev–Trinajstić information content (AvgIpc) is 3.09. The van der Waals surface area contributed by atoms with Crippen molar-refractivity contribution in [3.63, 3.8) is 0 Å². The molecule has 0 N–H and O–H groups in total. The molecule has 28 heavy (non-hydrogen) atoms. The van der Waals surface area contributed by atoms with Gasteiger partial charge in [-0.15, -0.1) is 0 Å². The lowest BCUT2D eigenvalue weighted by atomic mass is 10.1. The van der Waals surface area contributed by atoms with Crippen molar-refractivity contribution in [1.29, 1.82) is 0 Å². The molecule has 1 aliphatic rings. The van der Waals surface area contributed by atoms with E-state index >= 15 is 0 Å². The van der Waals surface area contributed by atoms with Crippen molar-refractivity contribution in [1.82, 2.24) is 3.97 Å². The monoisotopic (exact) mass is 408 g/mol. The van der Waals surface area contributed by atoms with Crippen LogP contribution in [0, 0.1) is 5.82 Å². The molecule has 0 radical (unpaired) electrons. The Kier molecular flexibility index (Phi) is 4.82. The predicted octanol–water partition coefficient (Wildman–Crippen LogP) is 4.95. The van der Waals surface area contributed by atoms with Crippen molar-refractivity contribution in [3.05, 3.63) is 60.0 Å². The number of halogens is 3. The Hall–Kier alpha value is -2.48. The highest BCUT2D eigenvalue weighted by molar-refractivity contribution is 7.90. The first-order chi connectivity index (χ1) is 13.4. The van der Waals surface area contributed by atoms with Gasteiger partial charge in [-0.05, 0) is 49.6 Å². The molecule has 2 aromatic carbocycles. The summed E-state index contributed by atoms with van der Waals surface area (Å²) in [4.78, 5) is 1.74. The Labute approximate surface area is 161 Å². The van der Waals surface area contributed by atoms with Crippen molar-refractivity contribution in [2.24, 2.45) is 0 Å². The number of piperidine rings is 1. The fraction of sp³-hybridized carbons (Fsp3) is 0.300. The molecular formula is C20H19F3N2O2S. The number of fused-ring (bicyclic) bond motifs is 1. The normalized spacial score (nSPS) is 15.5. The third-order valence-electron chi connectivity index (χ3n) is 5.09. The van der Waals surface area contributed by atoms with Gasteiger partial charge in [0.25, 0.3) is 16.4 Å². The quantitative estimate of drug-likeness (QED) is 0.614. The zero-order chi connectivity index (χ0) is 19.9. The van der Waals surface area contributed by atoms with Crippen molar-refractivity contribution in [2.45, 2.75) is 30.6 Å². The SMILES string of the molecule is O=S(=O)(c1cccc(F)c1)n1cc(C(F)F)c2c(N3CCCCC3)cccc21. The first-order valence-corrected chi connectivity index (χ1v) is 10.5. The van der Waals surface area contributed by atoms with E-state index in [-0.39, 0.29) is 21.4 Å². The number of hydrogen-bond acceptors (Lipinski definition) is 3. The van der Waals surface area contributed by atoms with Gasteiger partial charge in [-0.25, -0.2) is 25.6 Å². The van der Waals surface area contributed by atoms with E-state index in [2.05, 4.69) is 0 Å². The van der Waals surface area contributed by atoms with Crippen LogP contribution >= 0.6 is 0 Å². The third kappa shape index (κ3) is 3.15. The number of anilines is 1. The van der Waals surface area contributed by atoms with E-state index < -0.39 is 22.3 Å². The van der Waals surface area contributed by atoms with Crippen LogP contribution < -0.4 is 4.90 Å². The molecule has 3 aromatic rings. The zero-order valence-corrected chi connectivity index (χ0v) is 15.8. The van der Waals surface area contributed by atoms with Crippen LogP contribution in [0.15, 0.2) is 53.6 Å². The maximum Gasteiger partial charge on any atom is 0.268 e. The Balaban J connectivity index is 1.96. The highest BCUT2D eigenvalue weighted by Gasteiger charge is 2.27. The molecule has 1 saturated heterocycles. The fourth-order valence-corrected chi connectivity index (χ4v) is 5.17. The first kappa shape index (κ1) is 18.9. The number of nitrogens with zero attached hydrogens (tertiary/aromatic N) is 2. The van der Waals surface area contributed by atoms with Gasteiger partial charge in [-0.2, -0.15) is 0 Å². The van der Waals surface area contributed by atoms with Gasteiger partial charge < -0.3 is 4.90 Å². The number of aromatic nitrogens is 1. The van der Waals surface area contributed by atoms with E-state index in [0.717, 1.165) is 54.7 Å². The molecule has 0 amide bonds. The molecule has 1 aromatic heterocycles. The van der Waals surface area contributed by atoms with Crippen molar-refractivity contribution < 1.29 is 21.6 Å². The van der Waals surface area contributed by atoms with Crippen LogP contribution in [-0.4, -0.2) is 25.5 Å². The molecule has 0 atom stereocenters. The Morgan fingerprint density at radius 1 is 0.964 bits per heavy atom. The molecule has 2 heterocycles. The molecular weight excluding hydrogens is 389 g/mol.